The minimum Gasteiger partial charge on any atom is -0.327 e. The number of thiophene rings is 1. The van der Waals surface area contributed by atoms with E-state index in [0.29, 0.717) is 6.54 Å². The van der Waals surface area contributed by atoms with Crippen LogP contribution in [0.2, 0.25) is 5.02 Å². The summed E-state index contributed by atoms with van der Waals surface area (Å²) >= 11 is 7.59. The van der Waals surface area contributed by atoms with E-state index in [4.69, 9.17) is 11.6 Å². The Morgan fingerprint density at radius 1 is 1.19 bits per heavy atom. The fourth-order valence-corrected chi connectivity index (χ4v) is 4.57. The summed E-state index contributed by atoms with van der Waals surface area (Å²) in [5.41, 5.74) is 2.15. The molecule has 0 radical (unpaired) electrons. The smallest absolute Gasteiger partial charge is 0.288 e. The molecule has 0 unspecified atom stereocenters. The lowest BCUT2D eigenvalue weighted by Crippen LogP contribution is -2.40. The van der Waals surface area contributed by atoms with Crippen molar-refractivity contribution >= 4 is 34.5 Å². The second-order valence-corrected chi connectivity index (χ2v) is 7.69. The number of hydrogen-bond donors (Lipinski definition) is 0. The van der Waals surface area contributed by atoms with Gasteiger partial charge < -0.3 is 4.90 Å². The molecule has 0 N–H and O–H groups in total. The highest BCUT2D eigenvalue weighted by molar-refractivity contribution is 7.10. The highest BCUT2D eigenvalue weighted by Gasteiger charge is 2.33. The number of nitro groups is 1. The van der Waals surface area contributed by atoms with Crippen LogP contribution in [0, 0.1) is 10.1 Å². The van der Waals surface area contributed by atoms with Crippen molar-refractivity contribution < 1.29 is 9.72 Å². The quantitative estimate of drug-likeness (QED) is 0.455. The highest BCUT2D eigenvalue weighted by Crippen LogP contribution is 2.38. The maximum atomic E-state index is 13.3. The molecule has 0 saturated carbocycles. The van der Waals surface area contributed by atoms with E-state index in [9.17, 15) is 14.9 Å². The molecule has 27 heavy (non-hydrogen) atoms. The van der Waals surface area contributed by atoms with Crippen LogP contribution in [0.25, 0.3) is 0 Å². The lowest BCUT2D eigenvalue weighted by Gasteiger charge is -2.36. The van der Waals surface area contributed by atoms with Crippen molar-refractivity contribution in [1.29, 1.82) is 0 Å². The molecule has 7 heteroatoms. The van der Waals surface area contributed by atoms with E-state index < -0.39 is 4.92 Å². The Balaban J connectivity index is 1.77. The van der Waals surface area contributed by atoms with Gasteiger partial charge in [0.2, 0.25) is 0 Å². The molecule has 3 aromatic rings. The van der Waals surface area contributed by atoms with E-state index >= 15 is 0 Å². The Kier molecular flexibility index (Phi) is 4.68. The largest absolute Gasteiger partial charge is 0.327 e. The van der Waals surface area contributed by atoms with Crippen molar-refractivity contribution in [3.8, 4) is 0 Å². The van der Waals surface area contributed by atoms with Gasteiger partial charge in [0.25, 0.3) is 11.6 Å². The van der Waals surface area contributed by atoms with E-state index in [2.05, 4.69) is 6.07 Å². The summed E-state index contributed by atoms with van der Waals surface area (Å²) in [7, 11) is 0. The standard InChI is InChI=1S/C20H15ClN2O3S/c21-16-7-6-14(12-17(16)23(25)26)20(24)22-10-8-18-15(9-11-27-18)19(22)13-4-2-1-3-5-13/h1-7,9,11-12,19H,8,10H2/t19-/m0/s1. The van der Waals surface area contributed by atoms with E-state index in [0.717, 1.165) is 17.5 Å². The minimum atomic E-state index is -0.568. The number of fused-ring (bicyclic) bond motifs is 1. The highest BCUT2D eigenvalue weighted by atomic mass is 35.5. The number of carbonyl (C=O) groups is 1. The van der Waals surface area contributed by atoms with Crippen molar-refractivity contribution in [2.24, 2.45) is 0 Å². The number of hydrogen-bond acceptors (Lipinski definition) is 4. The van der Waals surface area contributed by atoms with E-state index in [1.807, 2.05) is 35.7 Å². The van der Waals surface area contributed by atoms with Gasteiger partial charge in [0.1, 0.15) is 5.02 Å². The Labute approximate surface area is 165 Å². The lowest BCUT2D eigenvalue weighted by molar-refractivity contribution is -0.384. The second kappa shape index (κ2) is 7.13. The van der Waals surface area contributed by atoms with E-state index in [-0.39, 0.29) is 28.2 Å². The van der Waals surface area contributed by atoms with Gasteiger partial charge in [-0.3, -0.25) is 14.9 Å². The Morgan fingerprint density at radius 3 is 2.70 bits per heavy atom. The predicted molar refractivity (Wildman–Crippen MR) is 105 cm³/mol. The van der Waals surface area contributed by atoms with Crippen LogP contribution in [0.5, 0.6) is 0 Å². The number of nitrogens with zero attached hydrogens (tertiary/aromatic N) is 2. The van der Waals surface area contributed by atoms with Gasteiger partial charge >= 0.3 is 0 Å². The molecular weight excluding hydrogens is 384 g/mol. The lowest BCUT2D eigenvalue weighted by atomic mass is 9.92. The van der Waals surface area contributed by atoms with Gasteiger partial charge in [0.15, 0.2) is 0 Å². The first kappa shape index (κ1) is 17.7. The van der Waals surface area contributed by atoms with Crippen LogP contribution in [0.1, 0.15) is 32.4 Å². The molecule has 0 aliphatic carbocycles. The third-order valence-electron chi connectivity index (χ3n) is 4.73. The van der Waals surface area contributed by atoms with E-state index in [1.54, 1.807) is 22.3 Å². The molecule has 0 bridgehead atoms. The van der Waals surface area contributed by atoms with Gasteiger partial charge in [0, 0.05) is 23.1 Å². The number of rotatable bonds is 3. The Morgan fingerprint density at radius 2 is 1.96 bits per heavy atom. The number of halogens is 1. The van der Waals surface area contributed by atoms with Crippen molar-refractivity contribution in [1.82, 2.24) is 4.90 Å². The second-order valence-electron chi connectivity index (χ2n) is 6.28. The van der Waals surface area contributed by atoms with Crippen LogP contribution in [-0.2, 0) is 6.42 Å². The summed E-state index contributed by atoms with van der Waals surface area (Å²) in [6, 6.07) is 15.9. The first-order chi connectivity index (χ1) is 13.1. The predicted octanol–water partition coefficient (Wildman–Crippen LogP) is 5.10. The van der Waals surface area contributed by atoms with Gasteiger partial charge in [-0.15, -0.1) is 11.3 Å². The summed E-state index contributed by atoms with van der Waals surface area (Å²) in [6.07, 6.45) is 0.776. The molecule has 136 valence electrons. The van der Waals surface area contributed by atoms with Crippen LogP contribution < -0.4 is 0 Å². The van der Waals surface area contributed by atoms with Crippen molar-refractivity contribution in [2.45, 2.75) is 12.5 Å². The van der Waals surface area contributed by atoms with Crippen molar-refractivity contribution in [3.63, 3.8) is 0 Å². The first-order valence-electron chi connectivity index (χ1n) is 8.42. The number of nitro benzene ring substituents is 1. The van der Waals surface area contributed by atoms with Gasteiger partial charge in [-0.1, -0.05) is 41.9 Å². The zero-order chi connectivity index (χ0) is 19.0. The average molecular weight is 399 g/mol. The van der Waals surface area contributed by atoms with E-state index in [1.165, 1.54) is 17.0 Å². The number of amides is 1. The molecule has 0 fully saturated rings. The fourth-order valence-electron chi connectivity index (χ4n) is 3.48. The molecule has 2 heterocycles. The summed E-state index contributed by atoms with van der Waals surface area (Å²) in [5, 5.41) is 13.3. The van der Waals surface area contributed by atoms with Gasteiger partial charge in [0.05, 0.1) is 11.0 Å². The maximum Gasteiger partial charge on any atom is 0.288 e. The Hall–Kier alpha value is -2.70. The molecule has 1 aromatic heterocycles. The summed E-state index contributed by atoms with van der Waals surface area (Å²) in [4.78, 5) is 26.9. The van der Waals surface area contributed by atoms with Crippen LogP contribution in [0.3, 0.4) is 0 Å². The molecule has 2 aromatic carbocycles. The summed E-state index contributed by atoms with van der Waals surface area (Å²) in [5.74, 6) is -0.236. The van der Waals surface area contributed by atoms with Crippen molar-refractivity contribution in [3.05, 3.63) is 96.7 Å². The van der Waals surface area contributed by atoms with Crippen molar-refractivity contribution in [2.75, 3.05) is 6.54 Å². The molecule has 1 aliphatic heterocycles. The molecular formula is C20H15ClN2O3S. The monoisotopic (exact) mass is 398 g/mol. The van der Waals surface area contributed by atoms with Crippen LogP contribution in [0.4, 0.5) is 5.69 Å². The van der Waals surface area contributed by atoms with Crippen LogP contribution in [-0.4, -0.2) is 22.3 Å². The van der Waals surface area contributed by atoms with Gasteiger partial charge in [-0.2, -0.15) is 0 Å². The SMILES string of the molecule is O=C(c1ccc(Cl)c([N+](=O)[O-])c1)N1CCc2sccc2[C@@H]1c1ccccc1. The van der Waals surface area contributed by atoms with Gasteiger partial charge in [-0.25, -0.2) is 0 Å². The zero-order valence-corrected chi connectivity index (χ0v) is 15.7. The molecule has 1 aliphatic rings. The summed E-state index contributed by atoms with van der Waals surface area (Å²) < 4.78 is 0. The Bertz CT molecular complexity index is 1020. The minimum absolute atomic E-state index is 0.0231. The molecule has 0 saturated heterocycles. The normalized spacial score (nSPS) is 16.0. The molecule has 4 rings (SSSR count). The molecule has 0 spiro atoms. The average Bonchev–Trinajstić information content (AvgIpc) is 3.16. The number of benzene rings is 2. The van der Waals surface area contributed by atoms with Crippen LogP contribution >= 0.6 is 22.9 Å². The molecule has 5 nitrogen and oxygen atoms in total. The molecule has 1 atom stereocenters. The topological polar surface area (TPSA) is 63.4 Å². The third kappa shape index (κ3) is 3.22. The van der Waals surface area contributed by atoms with Crippen LogP contribution in [0.15, 0.2) is 60.0 Å². The fraction of sp³-hybridized carbons (Fsp3) is 0.150. The maximum absolute atomic E-state index is 13.3. The first-order valence-corrected chi connectivity index (χ1v) is 9.68. The number of carbonyl (C=O) groups excluding carboxylic acids is 1. The van der Waals surface area contributed by atoms with Gasteiger partial charge in [-0.05, 0) is 41.1 Å². The summed E-state index contributed by atoms with van der Waals surface area (Å²) in [6.45, 7) is 0.558. The molecule has 1 amide bonds. The zero-order valence-electron chi connectivity index (χ0n) is 14.2. The third-order valence-corrected chi connectivity index (χ3v) is 6.05.